The van der Waals surface area contributed by atoms with E-state index in [4.69, 9.17) is 11.6 Å². The van der Waals surface area contributed by atoms with Crippen LogP contribution >= 0.6 is 11.6 Å². The summed E-state index contributed by atoms with van der Waals surface area (Å²) in [4.78, 5) is 26.5. The zero-order valence-corrected chi connectivity index (χ0v) is 15.1. The van der Waals surface area contributed by atoms with Gasteiger partial charge in [-0.2, -0.15) is 5.10 Å². The molecule has 25 heavy (non-hydrogen) atoms. The molecule has 0 spiro atoms. The number of aryl methyl sites for hydroxylation is 2. The van der Waals surface area contributed by atoms with E-state index in [-0.39, 0.29) is 24.3 Å². The summed E-state index contributed by atoms with van der Waals surface area (Å²) in [6.45, 7) is 2.48. The van der Waals surface area contributed by atoms with Crippen LogP contribution in [0.2, 0.25) is 5.02 Å². The third-order valence-corrected chi connectivity index (χ3v) is 4.59. The highest BCUT2D eigenvalue weighted by atomic mass is 35.5. The number of rotatable bonds is 5. The molecule has 0 radical (unpaired) electrons. The molecule has 2 amide bonds. The summed E-state index contributed by atoms with van der Waals surface area (Å²) >= 11 is 6.18. The average molecular weight is 361 g/mol. The maximum Gasteiger partial charge on any atom is 0.269 e. The molecule has 7 heteroatoms. The van der Waals surface area contributed by atoms with Crippen LogP contribution in [0, 0.1) is 0 Å². The van der Waals surface area contributed by atoms with E-state index in [1.807, 2.05) is 18.2 Å². The van der Waals surface area contributed by atoms with Gasteiger partial charge in [0.15, 0.2) is 0 Å². The molecule has 2 aromatic rings. The number of amides is 2. The fraction of sp³-hybridized carbons (Fsp3) is 0.389. The number of benzene rings is 1. The molecule has 6 nitrogen and oxygen atoms in total. The maximum atomic E-state index is 12.5. The Morgan fingerprint density at radius 1 is 1.40 bits per heavy atom. The second-order valence-corrected chi connectivity index (χ2v) is 6.63. The van der Waals surface area contributed by atoms with E-state index in [2.05, 4.69) is 17.3 Å². The van der Waals surface area contributed by atoms with Crippen molar-refractivity contribution in [2.45, 2.75) is 32.2 Å². The van der Waals surface area contributed by atoms with Crippen LogP contribution in [0.1, 0.15) is 35.9 Å². The molecule has 1 atom stereocenters. The Hall–Kier alpha value is -2.34. The van der Waals surface area contributed by atoms with Crippen LogP contribution < -0.4 is 10.2 Å². The second-order valence-electron chi connectivity index (χ2n) is 6.22. The molecule has 1 fully saturated rings. The van der Waals surface area contributed by atoms with Gasteiger partial charge in [-0.25, -0.2) is 0 Å². The van der Waals surface area contributed by atoms with E-state index in [0.29, 0.717) is 22.9 Å². The largest absolute Gasteiger partial charge is 0.346 e. The molecule has 1 aromatic heterocycles. The standard InChI is InChI=1S/C18H21ClN4O2/c1-3-6-12-9-16(22(2)21-12)18(25)20-13-10-17(24)23(11-13)15-8-5-4-7-14(15)19/h4-5,7-9,13H,3,6,10-11H2,1-2H3,(H,20,25)/t13-/m0/s1. The molecule has 0 aliphatic carbocycles. The van der Waals surface area contributed by atoms with Gasteiger partial charge in [-0.1, -0.05) is 37.1 Å². The van der Waals surface area contributed by atoms with E-state index in [1.54, 1.807) is 28.8 Å². The summed E-state index contributed by atoms with van der Waals surface area (Å²) in [5.41, 5.74) is 2.08. The predicted octanol–water partition coefficient (Wildman–Crippen LogP) is 2.56. The SMILES string of the molecule is CCCc1cc(C(=O)N[C@H]2CC(=O)N(c3ccccc3Cl)C2)n(C)n1. The molecule has 1 aromatic carbocycles. The molecule has 1 N–H and O–H groups in total. The van der Waals surface area contributed by atoms with E-state index in [0.717, 1.165) is 18.5 Å². The van der Waals surface area contributed by atoms with Crippen molar-refractivity contribution in [3.8, 4) is 0 Å². The van der Waals surface area contributed by atoms with Crippen LogP contribution in [0.4, 0.5) is 5.69 Å². The minimum absolute atomic E-state index is 0.0462. The van der Waals surface area contributed by atoms with Gasteiger partial charge in [0.05, 0.1) is 22.4 Å². The van der Waals surface area contributed by atoms with Crippen LogP contribution in [-0.4, -0.2) is 34.2 Å². The van der Waals surface area contributed by atoms with Crippen LogP contribution in [0.5, 0.6) is 0 Å². The lowest BCUT2D eigenvalue weighted by atomic mass is 10.2. The first-order valence-electron chi connectivity index (χ1n) is 8.38. The van der Waals surface area contributed by atoms with Gasteiger partial charge >= 0.3 is 0 Å². The quantitative estimate of drug-likeness (QED) is 0.891. The minimum atomic E-state index is -0.249. The lowest BCUT2D eigenvalue weighted by molar-refractivity contribution is -0.117. The third kappa shape index (κ3) is 3.69. The van der Waals surface area contributed by atoms with Crippen molar-refractivity contribution in [1.29, 1.82) is 0 Å². The molecule has 1 saturated heterocycles. The molecule has 2 heterocycles. The number of nitrogens with one attached hydrogen (secondary N) is 1. The van der Waals surface area contributed by atoms with E-state index < -0.39 is 0 Å². The van der Waals surface area contributed by atoms with Gasteiger partial charge in [0.2, 0.25) is 5.91 Å². The van der Waals surface area contributed by atoms with Crippen molar-refractivity contribution in [2.24, 2.45) is 7.05 Å². The predicted molar refractivity (Wildman–Crippen MR) is 96.9 cm³/mol. The molecule has 3 rings (SSSR count). The molecular formula is C18H21ClN4O2. The number of nitrogens with zero attached hydrogens (tertiary/aromatic N) is 3. The van der Waals surface area contributed by atoms with Crippen LogP contribution in [0.25, 0.3) is 0 Å². The number of carbonyl (C=O) groups is 2. The van der Waals surface area contributed by atoms with Gasteiger partial charge in [-0.15, -0.1) is 0 Å². The highest BCUT2D eigenvalue weighted by Crippen LogP contribution is 2.29. The van der Waals surface area contributed by atoms with Crippen molar-refractivity contribution < 1.29 is 9.59 Å². The zero-order chi connectivity index (χ0) is 18.0. The van der Waals surface area contributed by atoms with Crippen LogP contribution in [0.15, 0.2) is 30.3 Å². The first-order valence-corrected chi connectivity index (χ1v) is 8.76. The highest BCUT2D eigenvalue weighted by Gasteiger charge is 2.33. The van der Waals surface area contributed by atoms with Crippen molar-refractivity contribution in [3.05, 3.63) is 46.7 Å². The zero-order valence-electron chi connectivity index (χ0n) is 14.3. The second kappa shape index (κ2) is 7.27. The lowest BCUT2D eigenvalue weighted by Crippen LogP contribution is -2.38. The summed E-state index contributed by atoms with van der Waals surface area (Å²) in [5.74, 6) is -0.258. The van der Waals surface area contributed by atoms with Crippen molar-refractivity contribution in [2.75, 3.05) is 11.4 Å². The molecule has 132 valence electrons. The van der Waals surface area contributed by atoms with Crippen LogP contribution in [-0.2, 0) is 18.3 Å². The Kier molecular flexibility index (Phi) is 5.08. The number of carbonyl (C=O) groups excluding carboxylic acids is 2. The molecule has 0 unspecified atom stereocenters. The van der Waals surface area contributed by atoms with E-state index in [9.17, 15) is 9.59 Å². The summed E-state index contributed by atoms with van der Waals surface area (Å²) < 4.78 is 1.59. The summed E-state index contributed by atoms with van der Waals surface area (Å²) in [6.07, 6.45) is 2.07. The first-order chi connectivity index (χ1) is 12.0. The fourth-order valence-corrected chi connectivity index (χ4v) is 3.32. The minimum Gasteiger partial charge on any atom is -0.346 e. The normalized spacial score (nSPS) is 17.2. The Morgan fingerprint density at radius 2 is 2.16 bits per heavy atom. The third-order valence-electron chi connectivity index (χ3n) is 4.27. The van der Waals surface area contributed by atoms with Gasteiger partial charge in [0, 0.05) is 20.0 Å². The molecule has 0 saturated carbocycles. The van der Waals surface area contributed by atoms with Gasteiger partial charge in [-0.05, 0) is 24.6 Å². The lowest BCUT2D eigenvalue weighted by Gasteiger charge is -2.18. The van der Waals surface area contributed by atoms with Crippen molar-refractivity contribution >= 4 is 29.1 Å². The van der Waals surface area contributed by atoms with Gasteiger partial charge < -0.3 is 10.2 Å². The number of anilines is 1. The Labute approximate surface area is 151 Å². The number of para-hydroxylation sites is 1. The Balaban J connectivity index is 1.69. The van der Waals surface area contributed by atoms with Gasteiger partial charge in [-0.3, -0.25) is 14.3 Å². The van der Waals surface area contributed by atoms with Crippen LogP contribution in [0.3, 0.4) is 0 Å². The molecule has 1 aliphatic rings. The van der Waals surface area contributed by atoms with Gasteiger partial charge in [0.1, 0.15) is 5.69 Å². The molecule has 1 aliphatic heterocycles. The highest BCUT2D eigenvalue weighted by molar-refractivity contribution is 6.33. The fourth-order valence-electron chi connectivity index (χ4n) is 3.08. The first kappa shape index (κ1) is 17.5. The van der Waals surface area contributed by atoms with E-state index in [1.165, 1.54) is 0 Å². The number of halogens is 1. The monoisotopic (exact) mass is 360 g/mol. The smallest absolute Gasteiger partial charge is 0.269 e. The summed E-state index contributed by atoms with van der Waals surface area (Å²) in [6, 6.07) is 8.78. The Bertz CT molecular complexity index is 802. The summed E-state index contributed by atoms with van der Waals surface area (Å²) in [7, 11) is 1.75. The van der Waals surface area contributed by atoms with Gasteiger partial charge in [0.25, 0.3) is 5.91 Å². The molecule has 0 bridgehead atoms. The average Bonchev–Trinajstić information content (AvgIpc) is 3.11. The topological polar surface area (TPSA) is 67.2 Å². The number of hydrogen-bond acceptors (Lipinski definition) is 3. The number of hydrogen-bond donors (Lipinski definition) is 1. The van der Waals surface area contributed by atoms with E-state index >= 15 is 0 Å². The number of aromatic nitrogens is 2. The molecular weight excluding hydrogens is 340 g/mol. The summed E-state index contributed by atoms with van der Waals surface area (Å²) in [5, 5.41) is 7.81. The van der Waals surface area contributed by atoms with Crippen molar-refractivity contribution in [3.63, 3.8) is 0 Å². The maximum absolute atomic E-state index is 12.5. The Morgan fingerprint density at radius 3 is 2.88 bits per heavy atom. The van der Waals surface area contributed by atoms with Crippen molar-refractivity contribution in [1.82, 2.24) is 15.1 Å².